The van der Waals surface area contributed by atoms with Crippen LogP contribution in [0.15, 0.2) is 48.2 Å². The third-order valence-corrected chi connectivity index (χ3v) is 4.52. The first-order chi connectivity index (χ1) is 14.1. The molecule has 3 rings (SSSR count). The van der Waals surface area contributed by atoms with E-state index in [-0.39, 0.29) is 12.6 Å². The monoisotopic (exact) mass is 417 g/mol. The van der Waals surface area contributed by atoms with Crippen LogP contribution in [0.1, 0.15) is 23.6 Å². The zero-order valence-corrected chi connectivity index (χ0v) is 17.1. The first kappa shape index (κ1) is 21.4. The molecular formula is C22H22F3N3O2. The number of nitrogens with zero attached hydrogens (tertiary/aromatic N) is 2. The van der Waals surface area contributed by atoms with Gasteiger partial charge < -0.3 is 10.1 Å². The van der Waals surface area contributed by atoms with Crippen molar-refractivity contribution in [2.75, 3.05) is 11.9 Å². The molecule has 0 saturated carbocycles. The number of esters is 1. The Labute approximate surface area is 172 Å². The number of hydrogen-bond acceptors (Lipinski definition) is 4. The highest BCUT2D eigenvalue weighted by atomic mass is 19.4. The number of alkyl halides is 3. The van der Waals surface area contributed by atoms with Crippen molar-refractivity contribution in [3.63, 3.8) is 0 Å². The molecular weight excluding hydrogens is 395 g/mol. The Balaban J connectivity index is 2.22. The summed E-state index contributed by atoms with van der Waals surface area (Å²) in [5.41, 5.74) is 3.48. The molecule has 0 aliphatic rings. The second-order valence-corrected chi connectivity index (χ2v) is 6.94. The number of aromatic nitrogens is 2. The smallest absolute Gasteiger partial charge is 0.431 e. The maximum Gasteiger partial charge on any atom is 0.431 e. The number of para-hydroxylation sites is 2. The van der Waals surface area contributed by atoms with Crippen LogP contribution in [0, 0.1) is 20.8 Å². The van der Waals surface area contributed by atoms with Gasteiger partial charge >= 0.3 is 12.1 Å². The largest absolute Gasteiger partial charge is 0.463 e. The van der Waals surface area contributed by atoms with E-state index in [1.54, 1.807) is 28.8 Å². The number of fused-ring (bicyclic) bond motifs is 1. The summed E-state index contributed by atoms with van der Waals surface area (Å²) in [7, 11) is 0. The number of rotatable bonds is 5. The van der Waals surface area contributed by atoms with Crippen molar-refractivity contribution in [3.05, 3.63) is 64.9 Å². The van der Waals surface area contributed by atoms with Crippen LogP contribution in [0.5, 0.6) is 0 Å². The van der Waals surface area contributed by atoms with E-state index in [4.69, 9.17) is 0 Å². The molecule has 0 aliphatic heterocycles. The fourth-order valence-electron chi connectivity index (χ4n) is 3.47. The SMILES string of the molecule is CCOC(=O)/C=C(/Nc1nc2ccccc2n1-c1c(C)cc(C)cc1C)C(F)(F)F. The van der Waals surface area contributed by atoms with E-state index < -0.39 is 17.8 Å². The van der Waals surface area contributed by atoms with Crippen LogP contribution < -0.4 is 5.32 Å². The van der Waals surface area contributed by atoms with Gasteiger partial charge in [0.2, 0.25) is 5.95 Å². The van der Waals surface area contributed by atoms with Gasteiger partial charge in [-0.15, -0.1) is 0 Å². The molecule has 0 amide bonds. The van der Waals surface area contributed by atoms with Crippen molar-refractivity contribution >= 4 is 23.0 Å². The molecule has 158 valence electrons. The quantitative estimate of drug-likeness (QED) is 0.448. The molecule has 0 unspecified atom stereocenters. The van der Waals surface area contributed by atoms with Gasteiger partial charge in [-0.1, -0.05) is 29.8 Å². The number of nitrogens with one attached hydrogen (secondary N) is 1. The lowest BCUT2D eigenvalue weighted by atomic mass is 10.0. The van der Waals surface area contributed by atoms with E-state index in [2.05, 4.69) is 15.0 Å². The van der Waals surface area contributed by atoms with Crippen molar-refractivity contribution in [3.8, 4) is 5.69 Å². The maximum absolute atomic E-state index is 13.6. The summed E-state index contributed by atoms with van der Waals surface area (Å²) in [4.78, 5) is 16.1. The molecule has 2 aromatic carbocycles. The Bertz CT molecular complexity index is 1110. The molecule has 0 radical (unpaired) electrons. The van der Waals surface area contributed by atoms with Gasteiger partial charge in [0.1, 0.15) is 5.70 Å². The maximum atomic E-state index is 13.6. The van der Waals surface area contributed by atoms with Gasteiger partial charge in [-0.2, -0.15) is 13.2 Å². The first-order valence-corrected chi connectivity index (χ1v) is 9.40. The summed E-state index contributed by atoms with van der Waals surface area (Å²) in [6.07, 6.45) is -4.39. The average molecular weight is 417 g/mol. The number of imidazole rings is 1. The number of anilines is 1. The summed E-state index contributed by atoms with van der Waals surface area (Å²) in [5.74, 6) is -1.12. The predicted octanol–water partition coefficient (Wildman–Crippen LogP) is 5.37. The highest BCUT2D eigenvalue weighted by Gasteiger charge is 2.36. The van der Waals surface area contributed by atoms with Gasteiger partial charge in [0.05, 0.1) is 29.4 Å². The number of carbonyl (C=O) groups is 1. The summed E-state index contributed by atoms with van der Waals surface area (Å²) in [5, 5.41) is 2.32. The van der Waals surface area contributed by atoms with Crippen LogP contribution in [0.4, 0.5) is 19.1 Å². The molecule has 8 heteroatoms. The standard InChI is InChI=1S/C22H22F3N3O2/c1-5-30-19(29)12-18(22(23,24)25)27-21-26-16-8-6-7-9-17(16)28(21)20-14(3)10-13(2)11-15(20)4/h6-12H,5H2,1-4H3,(H,26,27)/b18-12+. The molecule has 0 spiro atoms. The van der Waals surface area contributed by atoms with Crippen molar-refractivity contribution in [2.24, 2.45) is 0 Å². The van der Waals surface area contributed by atoms with Crippen LogP contribution >= 0.6 is 0 Å². The summed E-state index contributed by atoms with van der Waals surface area (Å²) in [6, 6.07) is 11.0. The zero-order valence-electron chi connectivity index (χ0n) is 17.1. The number of hydrogen-bond donors (Lipinski definition) is 1. The Kier molecular flexibility index (Phi) is 5.87. The second kappa shape index (κ2) is 8.22. The van der Waals surface area contributed by atoms with Crippen LogP contribution in [0.3, 0.4) is 0 Å². The molecule has 3 aromatic rings. The van der Waals surface area contributed by atoms with Crippen molar-refractivity contribution in [1.82, 2.24) is 9.55 Å². The molecule has 5 nitrogen and oxygen atoms in total. The lowest BCUT2D eigenvalue weighted by Crippen LogP contribution is -2.23. The summed E-state index contributed by atoms with van der Waals surface area (Å²) >= 11 is 0. The normalized spacial score (nSPS) is 12.3. The lowest BCUT2D eigenvalue weighted by molar-refractivity contribution is -0.138. The van der Waals surface area contributed by atoms with Gasteiger partial charge in [0, 0.05) is 0 Å². The van der Waals surface area contributed by atoms with Crippen molar-refractivity contribution in [1.29, 1.82) is 0 Å². The van der Waals surface area contributed by atoms with Gasteiger partial charge in [-0.05, 0) is 51.0 Å². The molecule has 1 N–H and O–H groups in total. The molecule has 0 saturated heterocycles. The van der Waals surface area contributed by atoms with Gasteiger partial charge in [-0.3, -0.25) is 4.57 Å². The average Bonchev–Trinajstić information content (AvgIpc) is 2.98. The van der Waals surface area contributed by atoms with Crippen molar-refractivity contribution in [2.45, 2.75) is 33.9 Å². The molecule has 0 bridgehead atoms. The summed E-state index contributed by atoms with van der Waals surface area (Å²) < 4.78 is 47.2. The minimum atomic E-state index is -4.80. The summed E-state index contributed by atoms with van der Waals surface area (Å²) in [6.45, 7) is 7.24. The Morgan fingerprint density at radius 1 is 1.17 bits per heavy atom. The van der Waals surface area contributed by atoms with E-state index >= 15 is 0 Å². The number of benzene rings is 2. The van der Waals surface area contributed by atoms with E-state index in [1.807, 2.05) is 32.9 Å². The Hall–Kier alpha value is -3.29. The zero-order chi connectivity index (χ0) is 22.1. The van der Waals surface area contributed by atoms with Gasteiger partial charge in [-0.25, -0.2) is 9.78 Å². The second-order valence-electron chi connectivity index (χ2n) is 6.94. The third-order valence-electron chi connectivity index (χ3n) is 4.52. The van der Waals surface area contributed by atoms with Crippen LogP contribution in [0.25, 0.3) is 16.7 Å². The number of carbonyl (C=O) groups excluding carboxylic acids is 1. The number of ether oxygens (including phenoxy) is 1. The molecule has 0 atom stereocenters. The first-order valence-electron chi connectivity index (χ1n) is 9.40. The van der Waals surface area contributed by atoms with E-state index in [0.717, 1.165) is 22.4 Å². The Morgan fingerprint density at radius 2 is 1.80 bits per heavy atom. The van der Waals surface area contributed by atoms with Crippen LogP contribution in [-0.2, 0) is 9.53 Å². The van der Waals surface area contributed by atoms with Gasteiger partial charge in [0.25, 0.3) is 0 Å². The highest BCUT2D eigenvalue weighted by molar-refractivity contribution is 5.85. The highest BCUT2D eigenvalue weighted by Crippen LogP contribution is 2.33. The predicted molar refractivity (Wildman–Crippen MR) is 110 cm³/mol. The van der Waals surface area contributed by atoms with E-state index in [0.29, 0.717) is 17.1 Å². The fraction of sp³-hybridized carbons (Fsp3) is 0.273. The van der Waals surface area contributed by atoms with E-state index in [1.165, 1.54) is 6.92 Å². The number of allylic oxidation sites excluding steroid dienone is 1. The molecule has 30 heavy (non-hydrogen) atoms. The number of aryl methyl sites for hydroxylation is 3. The minimum Gasteiger partial charge on any atom is -0.463 e. The molecule has 0 aliphatic carbocycles. The topological polar surface area (TPSA) is 56.1 Å². The molecule has 0 fully saturated rings. The van der Waals surface area contributed by atoms with Crippen LogP contribution in [0.2, 0.25) is 0 Å². The molecule has 1 heterocycles. The van der Waals surface area contributed by atoms with Crippen LogP contribution in [-0.4, -0.2) is 28.3 Å². The lowest BCUT2D eigenvalue weighted by Gasteiger charge is -2.18. The van der Waals surface area contributed by atoms with E-state index in [9.17, 15) is 18.0 Å². The van der Waals surface area contributed by atoms with Gasteiger partial charge in [0.15, 0.2) is 0 Å². The van der Waals surface area contributed by atoms with Crippen molar-refractivity contribution < 1.29 is 22.7 Å². The number of halogens is 3. The Morgan fingerprint density at radius 3 is 2.40 bits per heavy atom. The third kappa shape index (κ3) is 4.32. The minimum absolute atomic E-state index is 0.0270. The molecule has 1 aromatic heterocycles. The fourth-order valence-corrected chi connectivity index (χ4v) is 3.47.